The van der Waals surface area contributed by atoms with Crippen LogP contribution in [0.3, 0.4) is 0 Å². The molecule has 1 aliphatic heterocycles. The Kier molecular flexibility index (Phi) is 4.49. The molecule has 1 aliphatic rings. The minimum Gasteiger partial charge on any atom is -0.506 e. The molecule has 0 unspecified atom stereocenters. The largest absolute Gasteiger partial charge is 0.506 e. The number of carbonyl (C=O) groups excluding carboxylic acids is 3. The number of hydrogen-bond donors (Lipinski definition) is 2. The van der Waals surface area contributed by atoms with E-state index in [4.69, 9.17) is 11.6 Å². The number of phenolic OH excluding ortho intramolecular Hbond substituents is 1. The summed E-state index contributed by atoms with van der Waals surface area (Å²) in [5.41, 5.74) is 0.697. The average Bonchev–Trinajstić information content (AvgIpc) is 3.02. The minimum absolute atomic E-state index is 0.114. The van der Waals surface area contributed by atoms with Gasteiger partial charge in [-0.25, -0.2) is 4.90 Å². The van der Waals surface area contributed by atoms with Crippen LogP contribution in [0.4, 0.5) is 11.4 Å². The number of aromatic hydroxyl groups is 1. The molecule has 140 valence electrons. The zero-order valence-corrected chi connectivity index (χ0v) is 15.4. The van der Waals surface area contributed by atoms with Crippen LogP contribution < -0.4 is 10.2 Å². The third-order valence-electron chi connectivity index (χ3n) is 4.64. The van der Waals surface area contributed by atoms with E-state index in [0.29, 0.717) is 11.1 Å². The number of anilines is 2. The highest BCUT2D eigenvalue weighted by Crippen LogP contribution is 2.33. The van der Waals surface area contributed by atoms with Crippen LogP contribution in [-0.2, 0) is 9.59 Å². The average molecular weight is 395 g/mol. The Labute approximate surface area is 165 Å². The smallest absolute Gasteiger partial charge is 0.259 e. The van der Waals surface area contributed by atoms with Gasteiger partial charge in [0.05, 0.1) is 16.3 Å². The van der Waals surface area contributed by atoms with E-state index in [-0.39, 0.29) is 46.7 Å². The molecular weight excluding hydrogens is 380 g/mol. The highest BCUT2D eigenvalue weighted by Gasteiger charge is 2.32. The van der Waals surface area contributed by atoms with Gasteiger partial charge in [-0.2, -0.15) is 0 Å². The molecule has 1 heterocycles. The molecule has 0 aromatic heterocycles. The number of phenols is 1. The lowest BCUT2D eigenvalue weighted by Crippen LogP contribution is -2.29. The zero-order chi connectivity index (χ0) is 19.8. The van der Waals surface area contributed by atoms with Crippen molar-refractivity contribution in [2.24, 2.45) is 0 Å². The maximum absolute atomic E-state index is 12.7. The monoisotopic (exact) mass is 394 g/mol. The highest BCUT2D eigenvalue weighted by molar-refractivity contribution is 6.36. The van der Waals surface area contributed by atoms with Crippen molar-refractivity contribution in [1.29, 1.82) is 0 Å². The quantitative estimate of drug-likeness (QED) is 0.654. The molecule has 6 nitrogen and oxygen atoms in total. The van der Waals surface area contributed by atoms with Crippen LogP contribution in [0.1, 0.15) is 23.2 Å². The van der Waals surface area contributed by atoms with Crippen LogP contribution in [0.5, 0.6) is 5.75 Å². The second-order valence-corrected chi connectivity index (χ2v) is 6.83. The van der Waals surface area contributed by atoms with Crippen LogP contribution >= 0.6 is 11.6 Å². The van der Waals surface area contributed by atoms with Gasteiger partial charge in [-0.05, 0) is 29.7 Å². The topological polar surface area (TPSA) is 86.7 Å². The zero-order valence-electron chi connectivity index (χ0n) is 14.6. The fourth-order valence-corrected chi connectivity index (χ4v) is 3.45. The van der Waals surface area contributed by atoms with E-state index in [1.165, 1.54) is 18.2 Å². The fraction of sp³-hybridized carbons (Fsp3) is 0.0952. The van der Waals surface area contributed by atoms with Crippen molar-refractivity contribution in [2.45, 2.75) is 12.8 Å². The van der Waals surface area contributed by atoms with Gasteiger partial charge in [-0.3, -0.25) is 14.4 Å². The molecule has 7 heteroatoms. The second-order valence-electron chi connectivity index (χ2n) is 6.43. The van der Waals surface area contributed by atoms with E-state index in [1.807, 2.05) is 12.1 Å². The Morgan fingerprint density at radius 2 is 1.71 bits per heavy atom. The SMILES string of the molecule is O=C(Nc1ccc(Cl)c(N2C(=O)CCC2=O)c1)c1ccc2ccccc2c1O. The Bertz CT molecular complexity index is 1130. The van der Waals surface area contributed by atoms with Crippen LogP contribution in [0.15, 0.2) is 54.6 Å². The first-order valence-electron chi connectivity index (χ1n) is 8.63. The predicted molar refractivity (Wildman–Crippen MR) is 107 cm³/mol. The molecule has 3 aromatic rings. The number of nitrogens with one attached hydrogen (secondary N) is 1. The minimum atomic E-state index is -0.518. The maximum atomic E-state index is 12.7. The number of amides is 3. The molecule has 0 atom stereocenters. The van der Waals surface area contributed by atoms with Crippen molar-refractivity contribution in [3.05, 3.63) is 65.2 Å². The van der Waals surface area contributed by atoms with Gasteiger partial charge in [0.1, 0.15) is 5.75 Å². The Balaban J connectivity index is 1.65. The van der Waals surface area contributed by atoms with Crippen LogP contribution in [0.2, 0.25) is 5.02 Å². The van der Waals surface area contributed by atoms with Gasteiger partial charge in [0, 0.05) is 23.9 Å². The number of benzene rings is 3. The summed E-state index contributed by atoms with van der Waals surface area (Å²) in [5.74, 6) is -1.30. The van der Waals surface area contributed by atoms with Gasteiger partial charge in [0.2, 0.25) is 11.8 Å². The summed E-state index contributed by atoms with van der Waals surface area (Å²) in [4.78, 5) is 37.7. The third kappa shape index (κ3) is 3.08. The molecule has 0 bridgehead atoms. The number of imide groups is 1. The number of rotatable bonds is 3. The summed E-state index contributed by atoms with van der Waals surface area (Å²) in [5, 5.41) is 14.8. The summed E-state index contributed by atoms with van der Waals surface area (Å²) >= 11 is 6.15. The van der Waals surface area contributed by atoms with Crippen molar-refractivity contribution < 1.29 is 19.5 Å². The number of fused-ring (bicyclic) bond motifs is 1. The van der Waals surface area contributed by atoms with E-state index < -0.39 is 5.91 Å². The molecule has 2 N–H and O–H groups in total. The Morgan fingerprint density at radius 1 is 1.00 bits per heavy atom. The van der Waals surface area contributed by atoms with Crippen molar-refractivity contribution in [3.8, 4) is 5.75 Å². The summed E-state index contributed by atoms with van der Waals surface area (Å²) in [6, 6.07) is 15.0. The molecular formula is C21H15ClN2O4. The summed E-state index contributed by atoms with van der Waals surface area (Å²) in [7, 11) is 0. The van der Waals surface area contributed by atoms with E-state index in [0.717, 1.165) is 10.3 Å². The molecule has 0 saturated carbocycles. The molecule has 28 heavy (non-hydrogen) atoms. The number of halogens is 1. The normalized spacial score (nSPS) is 14.0. The first-order valence-corrected chi connectivity index (χ1v) is 9.01. The number of hydrogen-bond acceptors (Lipinski definition) is 4. The molecule has 0 radical (unpaired) electrons. The van der Waals surface area contributed by atoms with E-state index in [2.05, 4.69) is 5.32 Å². The van der Waals surface area contributed by atoms with E-state index >= 15 is 0 Å². The molecule has 0 spiro atoms. The van der Waals surface area contributed by atoms with Gasteiger partial charge >= 0.3 is 0 Å². The van der Waals surface area contributed by atoms with Crippen molar-refractivity contribution in [2.75, 3.05) is 10.2 Å². The van der Waals surface area contributed by atoms with Crippen LogP contribution in [-0.4, -0.2) is 22.8 Å². The molecule has 0 aliphatic carbocycles. The lowest BCUT2D eigenvalue weighted by atomic mass is 10.0. The van der Waals surface area contributed by atoms with Crippen LogP contribution in [0, 0.1) is 0 Å². The van der Waals surface area contributed by atoms with Crippen molar-refractivity contribution in [1.82, 2.24) is 0 Å². The number of nitrogens with zero attached hydrogens (tertiary/aromatic N) is 1. The lowest BCUT2D eigenvalue weighted by molar-refractivity contribution is -0.121. The summed E-state index contributed by atoms with van der Waals surface area (Å²) < 4.78 is 0. The summed E-state index contributed by atoms with van der Waals surface area (Å²) in [6.07, 6.45) is 0.271. The molecule has 1 fully saturated rings. The molecule has 1 saturated heterocycles. The third-order valence-corrected chi connectivity index (χ3v) is 4.96. The second kappa shape index (κ2) is 6.98. The highest BCUT2D eigenvalue weighted by atomic mass is 35.5. The van der Waals surface area contributed by atoms with Crippen LogP contribution in [0.25, 0.3) is 10.8 Å². The maximum Gasteiger partial charge on any atom is 0.259 e. The van der Waals surface area contributed by atoms with Gasteiger partial charge in [-0.15, -0.1) is 0 Å². The Morgan fingerprint density at radius 3 is 2.46 bits per heavy atom. The van der Waals surface area contributed by atoms with Crippen molar-refractivity contribution >= 4 is 51.5 Å². The molecule has 4 rings (SSSR count). The molecule has 3 aromatic carbocycles. The van der Waals surface area contributed by atoms with Gasteiger partial charge in [-0.1, -0.05) is 41.9 Å². The standard InChI is InChI=1S/C21H15ClN2O4/c22-16-8-6-13(11-17(16)24-18(25)9-10-19(24)26)23-21(28)15-7-5-12-3-1-2-4-14(12)20(15)27/h1-8,11,27H,9-10H2,(H,23,28). The van der Waals surface area contributed by atoms with Gasteiger partial charge in [0.25, 0.3) is 5.91 Å². The van der Waals surface area contributed by atoms with E-state index in [1.54, 1.807) is 24.3 Å². The molecule has 3 amide bonds. The fourth-order valence-electron chi connectivity index (χ4n) is 3.24. The number of carbonyl (C=O) groups is 3. The Hall–Kier alpha value is -3.38. The van der Waals surface area contributed by atoms with Gasteiger partial charge < -0.3 is 10.4 Å². The first-order chi connectivity index (χ1) is 13.5. The van der Waals surface area contributed by atoms with E-state index in [9.17, 15) is 19.5 Å². The summed E-state index contributed by atoms with van der Waals surface area (Å²) in [6.45, 7) is 0. The lowest BCUT2D eigenvalue weighted by Gasteiger charge is -2.17. The van der Waals surface area contributed by atoms with Crippen molar-refractivity contribution in [3.63, 3.8) is 0 Å². The first kappa shape index (κ1) is 18.0. The van der Waals surface area contributed by atoms with Gasteiger partial charge in [0.15, 0.2) is 0 Å². The predicted octanol–water partition coefficient (Wildman–Crippen LogP) is 4.10.